The Morgan fingerprint density at radius 2 is 1.96 bits per heavy atom. The first kappa shape index (κ1) is 19.6. The fraction of sp³-hybridized carbons (Fsp3) is 0.765. The third kappa shape index (κ3) is 5.95. The van der Waals surface area contributed by atoms with Crippen LogP contribution in [0.2, 0.25) is 0 Å². The molecule has 0 saturated carbocycles. The predicted octanol–water partition coefficient (Wildman–Crippen LogP) is 1.67. The monoisotopic (exact) mass is 326 g/mol. The van der Waals surface area contributed by atoms with Crippen LogP contribution in [0.4, 0.5) is 0 Å². The second kappa shape index (κ2) is 9.03. The number of esters is 1. The zero-order chi connectivity index (χ0) is 17.6. The lowest BCUT2D eigenvalue weighted by atomic mass is 9.88. The standard InChI is InChI=1S/C17H30N2O4/c1-6-13(7-2)23-15-9-12(17(21)22-10(3)4)8-14(18)16(15)19-11(5)20/h9-10,13-16H,6-8,18H2,1-5H3,(H,19,20)/t14-,15+,16+/m0/s1. The number of carbonyl (C=O) groups excluding carboxylic acids is 2. The summed E-state index contributed by atoms with van der Waals surface area (Å²) in [5.41, 5.74) is 6.71. The topological polar surface area (TPSA) is 90.7 Å². The van der Waals surface area contributed by atoms with Crippen LogP contribution in [0.1, 0.15) is 53.9 Å². The van der Waals surface area contributed by atoms with Gasteiger partial charge in [-0.2, -0.15) is 0 Å². The Morgan fingerprint density at radius 3 is 2.43 bits per heavy atom. The lowest BCUT2D eigenvalue weighted by Gasteiger charge is -2.36. The van der Waals surface area contributed by atoms with Gasteiger partial charge in [-0.15, -0.1) is 0 Å². The molecule has 0 fully saturated rings. The largest absolute Gasteiger partial charge is 0.460 e. The molecule has 1 amide bonds. The average Bonchev–Trinajstić information content (AvgIpc) is 2.46. The molecule has 1 aliphatic carbocycles. The maximum absolute atomic E-state index is 12.2. The van der Waals surface area contributed by atoms with E-state index in [-0.39, 0.29) is 30.1 Å². The Kier molecular flexibility index (Phi) is 7.72. The van der Waals surface area contributed by atoms with Crippen LogP contribution < -0.4 is 11.1 Å². The van der Waals surface area contributed by atoms with Gasteiger partial charge in [-0.3, -0.25) is 4.79 Å². The molecule has 23 heavy (non-hydrogen) atoms. The normalized spacial score (nSPS) is 24.5. The van der Waals surface area contributed by atoms with Crippen LogP contribution >= 0.6 is 0 Å². The lowest BCUT2D eigenvalue weighted by molar-refractivity contribution is -0.143. The van der Waals surface area contributed by atoms with Gasteiger partial charge in [0.05, 0.1) is 24.4 Å². The van der Waals surface area contributed by atoms with Gasteiger partial charge in [0.2, 0.25) is 5.91 Å². The molecule has 6 heteroatoms. The SMILES string of the molecule is CCC(CC)O[C@@H]1C=C(C(=O)OC(C)C)C[C@H](N)[C@H]1NC(C)=O. The molecule has 0 bridgehead atoms. The maximum Gasteiger partial charge on any atom is 0.334 e. The van der Waals surface area contributed by atoms with Crippen LogP contribution in [-0.2, 0) is 19.1 Å². The first-order valence-electron chi connectivity index (χ1n) is 8.38. The molecule has 1 aliphatic rings. The Labute approximate surface area is 138 Å². The number of amides is 1. The molecule has 3 N–H and O–H groups in total. The fourth-order valence-electron chi connectivity index (χ4n) is 2.69. The van der Waals surface area contributed by atoms with Gasteiger partial charge in [0.15, 0.2) is 0 Å². The highest BCUT2D eigenvalue weighted by atomic mass is 16.5. The van der Waals surface area contributed by atoms with Crippen molar-refractivity contribution in [2.24, 2.45) is 5.73 Å². The summed E-state index contributed by atoms with van der Waals surface area (Å²) < 4.78 is 11.3. The number of nitrogens with one attached hydrogen (secondary N) is 1. The van der Waals surface area contributed by atoms with Crippen molar-refractivity contribution in [2.75, 3.05) is 0 Å². The minimum Gasteiger partial charge on any atom is -0.460 e. The first-order chi connectivity index (χ1) is 10.8. The van der Waals surface area contributed by atoms with Crippen molar-refractivity contribution in [3.05, 3.63) is 11.6 Å². The van der Waals surface area contributed by atoms with Gasteiger partial charge < -0.3 is 20.5 Å². The smallest absolute Gasteiger partial charge is 0.334 e. The Morgan fingerprint density at radius 1 is 1.35 bits per heavy atom. The summed E-state index contributed by atoms with van der Waals surface area (Å²) in [6, 6.07) is -0.735. The van der Waals surface area contributed by atoms with E-state index < -0.39 is 12.1 Å². The third-order valence-electron chi connectivity index (χ3n) is 3.87. The molecule has 1 rings (SSSR count). The Balaban J connectivity index is 3.00. The van der Waals surface area contributed by atoms with Crippen LogP contribution in [-0.4, -0.2) is 42.3 Å². The second-order valence-corrected chi connectivity index (χ2v) is 6.28. The molecule has 0 saturated heterocycles. The molecule has 0 aromatic rings. The van der Waals surface area contributed by atoms with Gasteiger partial charge in [-0.25, -0.2) is 4.79 Å². The highest BCUT2D eigenvalue weighted by Crippen LogP contribution is 2.24. The molecular weight excluding hydrogens is 296 g/mol. The highest BCUT2D eigenvalue weighted by Gasteiger charge is 2.36. The molecule has 132 valence electrons. The summed E-state index contributed by atoms with van der Waals surface area (Å²) in [5, 5.41) is 2.85. The van der Waals surface area contributed by atoms with E-state index in [1.165, 1.54) is 6.92 Å². The molecule has 0 spiro atoms. The molecule has 6 nitrogen and oxygen atoms in total. The molecule has 0 radical (unpaired) electrons. The van der Waals surface area contributed by atoms with Crippen molar-refractivity contribution in [1.29, 1.82) is 0 Å². The van der Waals surface area contributed by atoms with Gasteiger partial charge in [-0.05, 0) is 39.2 Å². The highest BCUT2D eigenvalue weighted by molar-refractivity contribution is 5.89. The van der Waals surface area contributed by atoms with Crippen molar-refractivity contribution in [3.8, 4) is 0 Å². The van der Waals surface area contributed by atoms with Gasteiger partial charge in [0.25, 0.3) is 0 Å². The minimum absolute atomic E-state index is 0.0557. The van der Waals surface area contributed by atoms with Gasteiger partial charge in [0, 0.05) is 18.5 Å². The lowest BCUT2D eigenvalue weighted by Crippen LogP contribution is -2.57. The van der Waals surface area contributed by atoms with Gasteiger partial charge in [0.1, 0.15) is 0 Å². The van der Waals surface area contributed by atoms with E-state index in [0.717, 1.165) is 12.8 Å². The summed E-state index contributed by atoms with van der Waals surface area (Å²) >= 11 is 0. The number of nitrogens with two attached hydrogens (primary N) is 1. The van der Waals surface area contributed by atoms with E-state index >= 15 is 0 Å². The van der Waals surface area contributed by atoms with E-state index in [1.54, 1.807) is 19.9 Å². The van der Waals surface area contributed by atoms with E-state index in [9.17, 15) is 9.59 Å². The van der Waals surface area contributed by atoms with Crippen molar-refractivity contribution in [1.82, 2.24) is 5.32 Å². The average molecular weight is 326 g/mol. The summed E-state index contributed by atoms with van der Waals surface area (Å²) in [6.07, 6.45) is 3.27. The van der Waals surface area contributed by atoms with Gasteiger partial charge >= 0.3 is 5.97 Å². The quantitative estimate of drug-likeness (QED) is 0.695. The van der Waals surface area contributed by atoms with Crippen molar-refractivity contribution < 1.29 is 19.1 Å². The Hall–Kier alpha value is -1.40. The van der Waals surface area contributed by atoms with Crippen LogP contribution in [0, 0.1) is 0 Å². The molecule has 0 aliphatic heterocycles. The van der Waals surface area contributed by atoms with Crippen LogP contribution in [0.5, 0.6) is 0 Å². The number of ether oxygens (including phenoxy) is 2. The number of hydrogen-bond donors (Lipinski definition) is 2. The van der Waals surface area contributed by atoms with E-state index in [4.69, 9.17) is 15.2 Å². The Bertz CT molecular complexity index is 444. The van der Waals surface area contributed by atoms with Crippen LogP contribution in [0.15, 0.2) is 11.6 Å². The molecular formula is C17H30N2O4. The summed E-state index contributed by atoms with van der Waals surface area (Å²) in [7, 11) is 0. The molecule has 0 unspecified atom stereocenters. The molecule has 0 heterocycles. The van der Waals surface area contributed by atoms with Crippen LogP contribution in [0.25, 0.3) is 0 Å². The van der Waals surface area contributed by atoms with E-state index in [2.05, 4.69) is 5.32 Å². The third-order valence-corrected chi connectivity index (χ3v) is 3.87. The molecule has 3 atom stereocenters. The van der Waals surface area contributed by atoms with Crippen molar-refractivity contribution >= 4 is 11.9 Å². The molecule has 0 aromatic heterocycles. The number of rotatable bonds is 7. The minimum atomic E-state index is -0.428. The predicted molar refractivity (Wildman–Crippen MR) is 88.8 cm³/mol. The van der Waals surface area contributed by atoms with Crippen molar-refractivity contribution in [2.45, 2.75) is 84.3 Å². The summed E-state index contributed by atoms with van der Waals surface area (Å²) in [5.74, 6) is -0.528. The van der Waals surface area contributed by atoms with Gasteiger partial charge in [-0.1, -0.05) is 13.8 Å². The second-order valence-electron chi connectivity index (χ2n) is 6.28. The zero-order valence-electron chi connectivity index (χ0n) is 14.8. The van der Waals surface area contributed by atoms with E-state index in [1.807, 2.05) is 13.8 Å². The fourth-order valence-corrected chi connectivity index (χ4v) is 2.69. The summed E-state index contributed by atoms with van der Waals surface area (Å²) in [4.78, 5) is 23.6. The van der Waals surface area contributed by atoms with E-state index in [0.29, 0.717) is 12.0 Å². The maximum atomic E-state index is 12.2. The number of hydrogen-bond acceptors (Lipinski definition) is 5. The van der Waals surface area contributed by atoms with Crippen LogP contribution in [0.3, 0.4) is 0 Å². The number of carbonyl (C=O) groups is 2. The molecule has 0 aromatic carbocycles. The summed E-state index contributed by atoms with van der Waals surface area (Å²) in [6.45, 7) is 9.15. The first-order valence-corrected chi connectivity index (χ1v) is 8.38. The zero-order valence-corrected chi connectivity index (χ0v) is 14.8. The van der Waals surface area contributed by atoms with Crippen molar-refractivity contribution in [3.63, 3.8) is 0 Å².